The average molecular weight is 272 g/mol. The maximum absolute atomic E-state index is 11.4. The molecule has 1 saturated heterocycles. The van der Waals surface area contributed by atoms with Crippen molar-refractivity contribution in [3.8, 4) is 0 Å². The lowest BCUT2D eigenvalue weighted by atomic mass is 9.97. The van der Waals surface area contributed by atoms with Gasteiger partial charge in [-0.1, -0.05) is 30.7 Å². The maximum Gasteiger partial charge on any atom is 0.219 e. The minimum Gasteiger partial charge on any atom is -0.340 e. The molecule has 1 aliphatic carbocycles. The number of aryl methyl sites for hydroxylation is 1. The Morgan fingerprint density at radius 2 is 1.85 bits per heavy atom. The summed E-state index contributed by atoms with van der Waals surface area (Å²) in [6.07, 6.45) is 5.10. The molecule has 0 radical (unpaired) electrons. The molecule has 20 heavy (non-hydrogen) atoms. The van der Waals surface area contributed by atoms with Crippen LogP contribution in [0, 0.1) is 0 Å². The second-order valence-corrected chi connectivity index (χ2v) is 6.00. The van der Waals surface area contributed by atoms with Gasteiger partial charge in [0, 0.05) is 39.1 Å². The van der Waals surface area contributed by atoms with Crippen LogP contribution >= 0.6 is 0 Å². The van der Waals surface area contributed by atoms with E-state index in [0.29, 0.717) is 6.04 Å². The number of hydrogen-bond donors (Lipinski definition) is 0. The van der Waals surface area contributed by atoms with E-state index in [0.717, 1.165) is 26.2 Å². The van der Waals surface area contributed by atoms with Gasteiger partial charge in [0.25, 0.3) is 0 Å². The molecule has 0 bridgehead atoms. The first-order chi connectivity index (χ1) is 9.75. The first-order valence-corrected chi connectivity index (χ1v) is 7.83. The van der Waals surface area contributed by atoms with Crippen LogP contribution in [0.15, 0.2) is 24.3 Å². The number of nitrogens with zero attached hydrogens (tertiary/aromatic N) is 2. The molecule has 0 aromatic heterocycles. The third kappa shape index (κ3) is 2.73. The van der Waals surface area contributed by atoms with Crippen molar-refractivity contribution in [2.45, 2.75) is 38.6 Å². The summed E-state index contributed by atoms with van der Waals surface area (Å²) >= 11 is 0. The van der Waals surface area contributed by atoms with Crippen LogP contribution in [-0.4, -0.2) is 41.9 Å². The third-order valence-corrected chi connectivity index (χ3v) is 4.79. The van der Waals surface area contributed by atoms with Crippen LogP contribution in [0.4, 0.5) is 0 Å². The van der Waals surface area contributed by atoms with Crippen LogP contribution in [0.5, 0.6) is 0 Å². The van der Waals surface area contributed by atoms with Crippen LogP contribution in [0.2, 0.25) is 0 Å². The number of rotatable bonds is 1. The molecule has 1 aromatic rings. The highest BCUT2D eigenvalue weighted by molar-refractivity contribution is 5.73. The number of amides is 1. The summed E-state index contributed by atoms with van der Waals surface area (Å²) < 4.78 is 0. The second-order valence-electron chi connectivity index (χ2n) is 6.00. The Hall–Kier alpha value is -1.35. The standard InChI is InChI=1S/C17H24N2O/c1-14(20)18-10-12-19(13-11-18)17-9-5-3-7-15-6-2-4-8-16(15)17/h2,4,6,8,17H,3,5,7,9-13H2,1H3. The van der Waals surface area contributed by atoms with Crippen molar-refractivity contribution in [1.29, 1.82) is 0 Å². The molecule has 1 aromatic carbocycles. The quantitative estimate of drug-likeness (QED) is 0.734. The van der Waals surface area contributed by atoms with Crippen molar-refractivity contribution in [2.24, 2.45) is 0 Å². The van der Waals surface area contributed by atoms with Crippen LogP contribution < -0.4 is 0 Å². The largest absolute Gasteiger partial charge is 0.340 e. The Labute approximate surface area is 121 Å². The zero-order chi connectivity index (χ0) is 13.9. The molecule has 0 saturated carbocycles. The predicted molar refractivity (Wildman–Crippen MR) is 80.6 cm³/mol. The average Bonchev–Trinajstić information content (AvgIpc) is 2.69. The summed E-state index contributed by atoms with van der Waals surface area (Å²) in [6.45, 7) is 5.47. The number of carbonyl (C=O) groups excluding carboxylic acids is 1. The Morgan fingerprint density at radius 3 is 2.60 bits per heavy atom. The van der Waals surface area contributed by atoms with Crippen LogP contribution in [0.3, 0.4) is 0 Å². The smallest absolute Gasteiger partial charge is 0.219 e. The Bertz CT molecular complexity index is 478. The zero-order valence-electron chi connectivity index (χ0n) is 12.3. The topological polar surface area (TPSA) is 23.6 Å². The molecule has 1 heterocycles. The molecule has 0 N–H and O–H groups in total. The van der Waals surface area contributed by atoms with E-state index in [1.165, 1.54) is 36.8 Å². The highest BCUT2D eigenvalue weighted by Crippen LogP contribution is 2.33. The van der Waals surface area contributed by atoms with Crippen molar-refractivity contribution in [3.05, 3.63) is 35.4 Å². The van der Waals surface area contributed by atoms with E-state index in [2.05, 4.69) is 29.2 Å². The maximum atomic E-state index is 11.4. The fraction of sp³-hybridized carbons (Fsp3) is 0.588. The van der Waals surface area contributed by atoms with Gasteiger partial charge in [-0.2, -0.15) is 0 Å². The zero-order valence-corrected chi connectivity index (χ0v) is 12.3. The molecule has 2 aliphatic rings. The fourth-order valence-electron chi connectivity index (χ4n) is 3.62. The van der Waals surface area contributed by atoms with E-state index >= 15 is 0 Å². The van der Waals surface area contributed by atoms with Gasteiger partial charge in [-0.3, -0.25) is 9.69 Å². The number of piperazine rings is 1. The van der Waals surface area contributed by atoms with E-state index in [9.17, 15) is 4.79 Å². The summed E-state index contributed by atoms with van der Waals surface area (Å²) in [5, 5.41) is 0. The van der Waals surface area contributed by atoms with Gasteiger partial charge in [0.2, 0.25) is 5.91 Å². The highest BCUT2D eigenvalue weighted by Gasteiger charge is 2.27. The molecule has 1 aliphatic heterocycles. The molecule has 1 unspecified atom stereocenters. The lowest BCUT2D eigenvalue weighted by Gasteiger charge is -2.39. The molecular formula is C17H24N2O. The Kier molecular flexibility index (Phi) is 4.06. The molecule has 0 spiro atoms. The lowest BCUT2D eigenvalue weighted by molar-refractivity contribution is -0.130. The number of hydrogen-bond acceptors (Lipinski definition) is 2. The molecule has 1 atom stereocenters. The van der Waals surface area contributed by atoms with Gasteiger partial charge in [-0.25, -0.2) is 0 Å². The van der Waals surface area contributed by atoms with E-state index < -0.39 is 0 Å². The molecule has 3 rings (SSSR count). The summed E-state index contributed by atoms with van der Waals surface area (Å²) in [7, 11) is 0. The third-order valence-electron chi connectivity index (χ3n) is 4.79. The van der Waals surface area contributed by atoms with Crippen LogP contribution in [0.1, 0.15) is 43.4 Å². The van der Waals surface area contributed by atoms with Gasteiger partial charge in [0.15, 0.2) is 0 Å². The molecule has 1 fully saturated rings. The van der Waals surface area contributed by atoms with Crippen LogP contribution in [0.25, 0.3) is 0 Å². The number of benzene rings is 1. The normalized spacial score (nSPS) is 24.1. The van der Waals surface area contributed by atoms with E-state index in [1.54, 1.807) is 6.92 Å². The first kappa shape index (κ1) is 13.6. The monoisotopic (exact) mass is 272 g/mol. The summed E-state index contributed by atoms with van der Waals surface area (Å²) in [5.74, 6) is 0.214. The molecule has 3 nitrogen and oxygen atoms in total. The van der Waals surface area contributed by atoms with Gasteiger partial charge in [0.05, 0.1) is 0 Å². The number of carbonyl (C=O) groups is 1. The number of fused-ring (bicyclic) bond motifs is 1. The van der Waals surface area contributed by atoms with Crippen molar-refractivity contribution >= 4 is 5.91 Å². The second kappa shape index (κ2) is 5.96. The van der Waals surface area contributed by atoms with Gasteiger partial charge in [-0.05, 0) is 30.4 Å². The molecule has 1 amide bonds. The summed E-state index contributed by atoms with van der Waals surface area (Å²) in [5.41, 5.74) is 3.06. The Morgan fingerprint density at radius 1 is 1.10 bits per heavy atom. The van der Waals surface area contributed by atoms with E-state index in [-0.39, 0.29) is 5.91 Å². The van der Waals surface area contributed by atoms with Gasteiger partial charge < -0.3 is 4.90 Å². The minimum atomic E-state index is 0.214. The Balaban J connectivity index is 1.76. The van der Waals surface area contributed by atoms with Crippen molar-refractivity contribution in [3.63, 3.8) is 0 Å². The fourth-order valence-corrected chi connectivity index (χ4v) is 3.62. The highest BCUT2D eigenvalue weighted by atomic mass is 16.2. The predicted octanol–water partition coefficient (Wildman–Crippen LogP) is 2.62. The summed E-state index contributed by atoms with van der Waals surface area (Å²) in [6, 6.07) is 9.49. The van der Waals surface area contributed by atoms with E-state index in [1.807, 2.05) is 4.90 Å². The van der Waals surface area contributed by atoms with Crippen molar-refractivity contribution in [2.75, 3.05) is 26.2 Å². The molecule has 108 valence electrons. The molecule has 3 heteroatoms. The van der Waals surface area contributed by atoms with Crippen molar-refractivity contribution < 1.29 is 4.79 Å². The SMILES string of the molecule is CC(=O)N1CCN(C2CCCCc3ccccc32)CC1. The van der Waals surface area contributed by atoms with Gasteiger partial charge in [0.1, 0.15) is 0 Å². The van der Waals surface area contributed by atoms with Crippen molar-refractivity contribution in [1.82, 2.24) is 9.80 Å². The van der Waals surface area contributed by atoms with Gasteiger partial charge >= 0.3 is 0 Å². The van der Waals surface area contributed by atoms with Crippen LogP contribution in [-0.2, 0) is 11.2 Å². The minimum absolute atomic E-state index is 0.214. The van der Waals surface area contributed by atoms with Gasteiger partial charge in [-0.15, -0.1) is 0 Å². The lowest BCUT2D eigenvalue weighted by Crippen LogP contribution is -2.49. The first-order valence-electron chi connectivity index (χ1n) is 7.83. The molecular weight excluding hydrogens is 248 g/mol. The van der Waals surface area contributed by atoms with E-state index in [4.69, 9.17) is 0 Å². The summed E-state index contributed by atoms with van der Waals surface area (Å²) in [4.78, 5) is 16.0.